The third-order valence-corrected chi connectivity index (χ3v) is 6.10. The smallest absolute Gasteiger partial charge is 0.183 e. The van der Waals surface area contributed by atoms with E-state index in [-0.39, 0.29) is 21.1 Å². The molecule has 0 saturated carbocycles. The van der Waals surface area contributed by atoms with E-state index in [1.54, 1.807) is 42.7 Å². The third-order valence-electron chi connectivity index (χ3n) is 4.10. The van der Waals surface area contributed by atoms with E-state index in [4.69, 9.17) is 27.1 Å². The zero-order chi connectivity index (χ0) is 23.6. The van der Waals surface area contributed by atoms with Crippen LogP contribution < -0.4 is 0 Å². The summed E-state index contributed by atoms with van der Waals surface area (Å²) < 4.78 is 28.2. The molecule has 6 nitrogen and oxygen atoms in total. The molecular formula is C24H34MoO6P2+2. The quantitative estimate of drug-likeness (QED) is 0.143. The minimum atomic E-state index is -1.36. The molecule has 0 N–H and O–H groups in total. The van der Waals surface area contributed by atoms with E-state index in [2.05, 4.69) is 84.9 Å². The van der Waals surface area contributed by atoms with Gasteiger partial charge in [0.05, 0.1) is 42.7 Å². The second kappa shape index (κ2) is 20.4. The summed E-state index contributed by atoms with van der Waals surface area (Å²) in [7, 11) is 6.62. The fourth-order valence-electron chi connectivity index (χ4n) is 2.64. The normalized spacial score (nSPS) is 9.94. The molecule has 0 saturated heterocycles. The van der Waals surface area contributed by atoms with Gasteiger partial charge in [0.1, 0.15) is 0 Å². The molecule has 0 aromatic rings. The van der Waals surface area contributed by atoms with E-state index in [1.807, 2.05) is 0 Å². The molecule has 0 radical (unpaired) electrons. The van der Waals surface area contributed by atoms with Crippen molar-refractivity contribution in [1.82, 2.24) is 0 Å². The maximum Gasteiger partial charge on any atom is 2.00 e. The van der Waals surface area contributed by atoms with Gasteiger partial charge in [-0.15, -0.1) is 34.4 Å². The van der Waals surface area contributed by atoms with Crippen LogP contribution in [0.1, 0.15) is 0 Å². The maximum absolute atomic E-state index is 4.71. The summed E-state index contributed by atoms with van der Waals surface area (Å²) in [5.74, 6) is 0. The van der Waals surface area contributed by atoms with E-state index < -0.39 is 17.2 Å². The zero-order valence-electron chi connectivity index (χ0n) is 19.9. The average Bonchev–Trinajstić information content (AvgIpc) is 3.52. The molecule has 0 aromatic carbocycles. The number of hydrogen-bond acceptors (Lipinski definition) is 6. The van der Waals surface area contributed by atoms with Gasteiger partial charge in [-0.25, -0.2) is 0 Å². The van der Waals surface area contributed by atoms with Crippen molar-refractivity contribution in [1.29, 1.82) is 0 Å². The van der Waals surface area contributed by atoms with E-state index >= 15 is 0 Å². The van der Waals surface area contributed by atoms with Crippen LogP contribution in [-0.2, 0) is 48.2 Å². The molecule has 0 bridgehead atoms. The largest absolute Gasteiger partial charge is 2.00 e. The molecule has 4 rings (SSSR count). The molecule has 0 fully saturated rings. The molecule has 0 atom stereocenters. The van der Waals surface area contributed by atoms with Crippen molar-refractivity contribution in [3.05, 3.63) is 84.9 Å². The second-order valence-corrected chi connectivity index (χ2v) is 9.48. The first-order valence-corrected chi connectivity index (χ1v) is 12.3. The molecule has 0 unspecified atom stereocenters. The van der Waals surface area contributed by atoms with Crippen LogP contribution in [0.5, 0.6) is 0 Å². The van der Waals surface area contributed by atoms with Gasteiger partial charge in [-0.1, -0.05) is 24.3 Å². The fourth-order valence-corrected chi connectivity index (χ4v) is 3.64. The van der Waals surface area contributed by atoms with Crippen LogP contribution in [-0.4, -0.2) is 42.7 Å². The average molecular weight is 576 g/mol. The van der Waals surface area contributed by atoms with Crippen molar-refractivity contribution in [2.45, 2.75) is 0 Å². The Bertz CT molecular complexity index is 727. The molecule has 0 aromatic heterocycles. The summed E-state index contributed by atoms with van der Waals surface area (Å²) in [6.07, 6.45) is 0. The summed E-state index contributed by atoms with van der Waals surface area (Å²) in [4.78, 5) is 0. The Morgan fingerprint density at radius 3 is 1.03 bits per heavy atom. The molecule has 180 valence electrons. The van der Waals surface area contributed by atoms with Crippen molar-refractivity contribution in [3.63, 3.8) is 0 Å². The van der Waals surface area contributed by atoms with Crippen LogP contribution in [0.15, 0.2) is 84.9 Å². The predicted octanol–water partition coefficient (Wildman–Crippen LogP) is 6.79. The van der Waals surface area contributed by atoms with Crippen molar-refractivity contribution < 1.29 is 48.2 Å². The van der Waals surface area contributed by atoms with E-state index in [1.165, 1.54) is 22.3 Å². The molecule has 33 heavy (non-hydrogen) atoms. The number of hydrogen-bond donors (Lipinski definition) is 0. The van der Waals surface area contributed by atoms with Gasteiger partial charge in [-0.05, 0) is 0 Å². The number of rotatable bonds is 6. The SMILES string of the molecule is CO[PH+](OC)OC.CO[PH+](OC)OC.[Mo+2].c1cc2cc[cH-]cc-2c1.c1cc2cc[cH-]cc-2c1. The second-order valence-electron chi connectivity index (χ2n) is 6.03. The molecule has 4 aliphatic rings. The zero-order valence-corrected chi connectivity index (χ0v) is 23.9. The number of benzene rings is 2. The van der Waals surface area contributed by atoms with Crippen LogP contribution in [0.2, 0.25) is 0 Å². The van der Waals surface area contributed by atoms with Gasteiger partial charge in [0.2, 0.25) is 0 Å². The monoisotopic (exact) mass is 578 g/mol. The Kier molecular flexibility index (Phi) is 19.7. The minimum Gasteiger partial charge on any atom is -0.183 e. The topological polar surface area (TPSA) is 55.4 Å². The first kappa shape index (κ1) is 32.0. The van der Waals surface area contributed by atoms with Crippen molar-refractivity contribution in [3.8, 4) is 22.3 Å². The van der Waals surface area contributed by atoms with E-state index in [0.717, 1.165) is 0 Å². The van der Waals surface area contributed by atoms with Crippen LogP contribution in [0.25, 0.3) is 22.3 Å². The Balaban J connectivity index is 0.000000414. The minimum absolute atomic E-state index is 0. The Labute approximate surface area is 214 Å². The maximum atomic E-state index is 4.71. The standard InChI is InChI=1S/2C9H7.2C3H10O3P.Mo/c2*1-2-5-9-7-3-6-8(9)4-1;2*1-4-7(5-2)6-3;/h2*1-7H;2*7H,1-3H3;/q2*-1;2*+1;+2. The molecule has 9 heteroatoms. The van der Waals surface area contributed by atoms with Crippen molar-refractivity contribution >= 4 is 17.2 Å². The summed E-state index contributed by atoms with van der Waals surface area (Å²) >= 11 is 0. The first-order chi connectivity index (χ1) is 15.6. The molecule has 4 aliphatic carbocycles. The third kappa shape index (κ3) is 12.9. The molecular weight excluding hydrogens is 542 g/mol. The summed E-state index contributed by atoms with van der Waals surface area (Å²) in [5.41, 5.74) is 5.32. The van der Waals surface area contributed by atoms with Gasteiger partial charge in [-0.3, -0.25) is 0 Å². The Hall–Kier alpha value is -1.03. The van der Waals surface area contributed by atoms with Crippen LogP contribution in [0, 0.1) is 0 Å². The van der Waals surface area contributed by atoms with Gasteiger partial charge >= 0.3 is 38.3 Å². The van der Waals surface area contributed by atoms with Gasteiger partial charge in [0.15, 0.2) is 0 Å². The fraction of sp³-hybridized carbons (Fsp3) is 0.250. The number of fused-ring (bicyclic) bond motifs is 2. The van der Waals surface area contributed by atoms with Crippen molar-refractivity contribution in [2.24, 2.45) is 0 Å². The molecule has 0 heterocycles. The molecule has 0 aliphatic heterocycles. The van der Waals surface area contributed by atoms with E-state index in [0.29, 0.717) is 0 Å². The van der Waals surface area contributed by atoms with Crippen LogP contribution in [0.3, 0.4) is 0 Å². The van der Waals surface area contributed by atoms with E-state index in [9.17, 15) is 0 Å². The first-order valence-electron chi connectivity index (χ1n) is 9.82. The molecule has 0 spiro atoms. The van der Waals surface area contributed by atoms with Crippen LogP contribution in [0.4, 0.5) is 0 Å². The van der Waals surface area contributed by atoms with Crippen LogP contribution >= 0.6 is 17.2 Å². The predicted molar refractivity (Wildman–Crippen MR) is 136 cm³/mol. The van der Waals surface area contributed by atoms with Gasteiger partial charge in [0, 0.05) is 0 Å². The Morgan fingerprint density at radius 2 is 0.788 bits per heavy atom. The van der Waals surface area contributed by atoms with Crippen molar-refractivity contribution in [2.75, 3.05) is 42.7 Å². The summed E-state index contributed by atoms with van der Waals surface area (Å²) in [6, 6.07) is 29.3. The summed E-state index contributed by atoms with van der Waals surface area (Å²) in [6.45, 7) is 0. The summed E-state index contributed by atoms with van der Waals surface area (Å²) in [5, 5.41) is 0. The van der Waals surface area contributed by atoms with Gasteiger partial charge < -0.3 is 0 Å². The van der Waals surface area contributed by atoms with Gasteiger partial charge in [0.25, 0.3) is 0 Å². The molecule has 0 amide bonds. The van der Waals surface area contributed by atoms with Gasteiger partial charge in [-0.2, -0.15) is 75.7 Å². The Morgan fingerprint density at radius 1 is 0.485 bits per heavy atom.